The summed E-state index contributed by atoms with van der Waals surface area (Å²) >= 11 is 0. The fourth-order valence-corrected chi connectivity index (χ4v) is 2.07. The van der Waals surface area contributed by atoms with Crippen LogP contribution in [-0.4, -0.2) is 43.0 Å². The minimum absolute atomic E-state index is 0. The van der Waals surface area contributed by atoms with Gasteiger partial charge in [-0.15, -0.1) is 24.8 Å². The lowest BCUT2D eigenvalue weighted by Crippen LogP contribution is -2.49. The maximum Gasteiger partial charge on any atom is 0.223 e. The van der Waals surface area contributed by atoms with Gasteiger partial charge in [-0.05, 0) is 47.2 Å². The Bertz CT molecular complexity index is 273. The molecule has 0 aliphatic heterocycles. The molecule has 0 aromatic rings. The molecule has 1 fully saturated rings. The van der Waals surface area contributed by atoms with Gasteiger partial charge < -0.3 is 16.0 Å². The van der Waals surface area contributed by atoms with E-state index in [2.05, 4.69) is 24.1 Å². The van der Waals surface area contributed by atoms with Gasteiger partial charge in [0.1, 0.15) is 0 Å². The molecular formula is C13H29Cl2N3O. The molecule has 2 unspecified atom stereocenters. The van der Waals surface area contributed by atoms with Crippen molar-refractivity contribution >= 4 is 30.7 Å². The smallest absolute Gasteiger partial charge is 0.223 e. The average Bonchev–Trinajstić information content (AvgIpc) is 2.25. The molecular weight excluding hydrogens is 285 g/mol. The summed E-state index contributed by atoms with van der Waals surface area (Å²) in [6.45, 7) is 4.93. The molecule has 1 rings (SSSR count). The van der Waals surface area contributed by atoms with Crippen molar-refractivity contribution in [3.05, 3.63) is 0 Å². The minimum atomic E-state index is -0.00750. The third-order valence-electron chi connectivity index (χ3n) is 3.99. The summed E-state index contributed by atoms with van der Waals surface area (Å²) in [5, 5.41) is 3.06. The first kappa shape index (κ1) is 21.3. The van der Waals surface area contributed by atoms with Gasteiger partial charge in [0.25, 0.3) is 0 Å². The monoisotopic (exact) mass is 313 g/mol. The van der Waals surface area contributed by atoms with Crippen molar-refractivity contribution in [2.45, 2.75) is 51.1 Å². The SMILES string of the molecule is CN(C)C(C)(C)CNC(=O)C1CCCC(N)C1.Cl.Cl. The van der Waals surface area contributed by atoms with Gasteiger partial charge in [0.2, 0.25) is 5.91 Å². The molecule has 0 aromatic carbocycles. The number of hydrogen-bond donors (Lipinski definition) is 2. The quantitative estimate of drug-likeness (QED) is 0.832. The van der Waals surface area contributed by atoms with E-state index in [9.17, 15) is 4.79 Å². The Labute approximate surface area is 129 Å². The summed E-state index contributed by atoms with van der Waals surface area (Å²) in [4.78, 5) is 14.2. The van der Waals surface area contributed by atoms with E-state index in [0.717, 1.165) is 25.7 Å². The van der Waals surface area contributed by atoms with Crippen LogP contribution in [0.25, 0.3) is 0 Å². The number of carbonyl (C=O) groups excluding carboxylic acids is 1. The molecule has 4 nitrogen and oxygen atoms in total. The first-order valence-corrected chi connectivity index (χ1v) is 6.53. The zero-order valence-electron chi connectivity index (χ0n) is 12.4. The Hall–Kier alpha value is -0.0300. The summed E-state index contributed by atoms with van der Waals surface area (Å²) in [5.41, 5.74) is 5.90. The van der Waals surface area contributed by atoms with Crippen LogP contribution in [0, 0.1) is 5.92 Å². The zero-order chi connectivity index (χ0) is 13.1. The fourth-order valence-electron chi connectivity index (χ4n) is 2.07. The van der Waals surface area contributed by atoms with E-state index < -0.39 is 0 Å². The molecule has 1 aliphatic carbocycles. The van der Waals surface area contributed by atoms with Crippen LogP contribution in [-0.2, 0) is 4.79 Å². The Kier molecular flexibility index (Phi) is 10.1. The lowest BCUT2D eigenvalue weighted by molar-refractivity contribution is -0.126. The second-order valence-electron chi connectivity index (χ2n) is 6.05. The van der Waals surface area contributed by atoms with Crippen molar-refractivity contribution in [2.24, 2.45) is 11.7 Å². The highest BCUT2D eigenvalue weighted by Crippen LogP contribution is 2.23. The number of nitrogens with two attached hydrogens (primary N) is 1. The van der Waals surface area contributed by atoms with E-state index in [0.29, 0.717) is 6.54 Å². The lowest BCUT2D eigenvalue weighted by atomic mass is 9.85. The molecule has 6 heteroatoms. The van der Waals surface area contributed by atoms with Crippen LogP contribution in [0.3, 0.4) is 0 Å². The van der Waals surface area contributed by atoms with Crippen molar-refractivity contribution in [1.82, 2.24) is 10.2 Å². The third-order valence-corrected chi connectivity index (χ3v) is 3.99. The molecule has 0 saturated heterocycles. The summed E-state index contributed by atoms with van der Waals surface area (Å²) in [6, 6.07) is 0.210. The van der Waals surface area contributed by atoms with Crippen LogP contribution in [0.4, 0.5) is 0 Å². The summed E-state index contributed by atoms with van der Waals surface area (Å²) in [7, 11) is 4.06. The van der Waals surface area contributed by atoms with Gasteiger partial charge in [-0.25, -0.2) is 0 Å². The van der Waals surface area contributed by atoms with Crippen molar-refractivity contribution in [2.75, 3.05) is 20.6 Å². The van der Waals surface area contributed by atoms with Gasteiger partial charge in [0, 0.05) is 24.0 Å². The molecule has 3 N–H and O–H groups in total. The molecule has 0 aromatic heterocycles. The fraction of sp³-hybridized carbons (Fsp3) is 0.923. The molecule has 0 heterocycles. The zero-order valence-corrected chi connectivity index (χ0v) is 14.1. The highest BCUT2D eigenvalue weighted by Gasteiger charge is 2.27. The van der Waals surface area contributed by atoms with E-state index in [-0.39, 0.29) is 48.2 Å². The number of carbonyl (C=O) groups is 1. The molecule has 1 aliphatic rings. The number of likely N-dealkylation sites (N-methyl/N-ethyl adjacent to an activating group) is 1. The second kappa shape index (κ2) is 9.01. The van der Waals surface area contributed by atoms with E-state index in [1.54, 1.807) is 0 Å². The van der Waals surface area contributed by atoms with Gasteiger partial charge in [-0.1, -0.05) is 6.42 Å². The number of nitrogens with zero attached hydrogens (tertiary/aromatic N) is 1. The first-order chi connectivity index (χ1) is 7.83. The van der Waals surface area contributed by atoms with Crippen LogP contribution in [0.1, 0.15) is 39.5 Å². The Morgan fingerprint density at radius 3 is 2.37 bits per heavy atom. The van der Waals surface area contributed by atoms with Crippen molar-refractivity contribution in [3.8, 4) is 0 Å². The highest BCUT2D eigenvalue weighted by atomic mass is 35.5. The average molecular weight is 314 g/mol. The van der Waals surface area contributed by atoms with Crippen molar-refractivity contribution < 1.29 is 4.79 Å². The van der Waals surface area contributed by atoms with Gasteiger partial charge in [0.05, 0.1) is 0 Å². The van der Waals surface area contributed by atoms with Crippen molar-refractivity contribution in [1.29, 1.82) is 0 Å². The Balaban J connectivity index is 0. The number of amides is 1. The summed E-state index contributed by atoms with van der Waals surface area (Å²) < 4.78 is 0. The van der Waals surface area contributed by atoms with Crippen LogP contribution >= 0.6 is 24.8 Å². The maximum absolute atomic E-state index is 12.0. The minimum Gasteiger partial charge on any atom is -0.354 e. The van der Waals surface area contributed by atoms with E-state index in [1.807, 2.05) is 14.1 Å². The van der Waals surface area contributed by atoms with Crippen molar-refractivity contribution in [3.63, 3.8) is 0 Å². The third kappa shape index (κ3) is 6.80. The molecule has 116 valence electrons. The van der Waals surface area contributed by atoms with Gasteiger partial charge in [-0.3, -0.25) is 4.79 Å². The second-order valence-corrected chi connectivity index (χ2v) is 6.05. The van der Waals surface area contributed by atoms with Crippen LogP contribution in [0.2, 0.25) is 0 Å². The number of halogens is 2. The Morgan fingerprint density at radius 2 is 1.89 bits per heavy atom. The molecule has 2 atom stereocenters. The molecule has 1 saturated carbocycles. The highest BCUT2D eigenvalue weighted by molar-refractivity contribution is 5.85. The van der Waals surface area contributed by atoms with Gasteiger partial charge in [0.15, 0.2) is 0 Å². The van der Waals surface area contributed by atoms with Crippen LogP contribution in [0.15, 0.2) is 0 Å². The molecule has 19 heavy (non-hydrogen) atoms. The molecule has 1 amide bonds. The van der Waals surface area contributed by atoms with Crippen LogP contribution < -0.4 is 11.1 Å². The number of rotatable bonds is 4. The molecule has 0 bridgehead atoms. The number of hydrogen-bond acceptors (Lipinski definition) is 3. The molecule has 0 spiro atoms. The predicted molar refractivity (Wildman–Crippen MR) is 85.2 cm³/mol. The maximum atomic E-state index is 12.0. The standard InChI is InChI=1S/C13H27N3O.2ClH/c1-13(2,16(3)4)9-15-12(17)10-6-5-7-11(14)8-10;;/h10-11H,5-9,14H2,1-4H3,(H,15,17);2*1H. The first-order valence-electron chi connectivity index (χ1n) is 6.53. The van der Waals surface area contributed by atoms with Crippen LogP contribution in [0.5, 0.6) is 0 Å². The lowest BCUT2D eigenvalue weighted by Gasteiger charge is -2.34. The normalized spacial score (nSPS) is 23.3. The van der Waals surface area contributed by atoms with E-state index in [1.165, 1.54) is 0 Å². The largest absolute Gasteiger partial charge is 0.354 e. The van der Waals surface area contributed by atoms with E-state index in [4.69, 9.17) is 5.73 Å². The Morgan fingerprint density at radius 1 is 1.32 bits per heavy atom. The van der Waals surface area contributed by atoms with Gasteiger partial charge in [-0.2, -0.15) is 0 Å². The predicted octanol–water partition coefficient (Wildman–Crippen LogP) is 1.80. The summed E-state index contributed by atoms with van der Waals surface area (Å²) in [5.74, 6) is 0.298. The van der Waals surface area contributed by atoms with Gasteiger partial charge >= 0.3 is 0 Å². The summed E-state index contributed by atoms with van der Waals surface area (Å²) in [6.07, 6.45) is 3.97. The topological polar surface area (TPSA) is 58.4 Å². The number of nitrogens with one attached hydrogen (secondary N) is 1. The van der Waals surface area contributed by atoms with E-state index >= 15 is 0 Å². The molecule has 0 radical (unpaired) electrons.